The van der Waals surface area contributed by atoms with Crippen molar-refractivity contribution in [3.63, 3.8) is 0 Å². The lowest BCUT2D eigenvalue weighted by Crippen LogP contribution is -2.42. The Balaban J connectivity index is 1.65. The molecule has 0 radical (unpaired) electrons. The summed E-state index contributed by atoms with van der Waals surface area (Å²) in [5.74, 6) is -1.12. The number of pyridine rings is 1. The molecule has 3 heterocycles. The van der Waals surface area contributed by atoms with Crippen LogP contribution in [0.5, 0.6) is 0 Å². The highest BCUT2D eigenvalue weighted by Crippen LogP contribution is 2.19. The number of carboxylic acids is 1. The van der Waals surface area contributed by atoms with Gasteiger partial charge in [0.15, 0.2) is 0 Å². The van der Waals surface area contributed by atoms with E-state index in [1.807, 2.05) is 12.1 Å². The van der Waals surface area contributed by atoms with Crippen molar-refractivity contribution in [2.45, 2.75) is 45.7 Å². The number of carbonyl (C=O) groups excluding carboxylic acids is 1. The van der Waals surface area contributed by atoms with E-state index in [1.54, 1.807) is 0 Å². The quantitative estimate of drug-likeness (QED) is 0.884. The lowest BCUT2D eigenvalue weighted by atomic mass is 10.1. The highest BCUT2D eigenvalue weighted by Gasteiger charge is 2.26. The lowest BCUT2D eigenvalue weighted by Gasteiger charge is -2.28. The third-order valence-electron chi connectivity index (χ3n) is 5.07. The molecule has 1 aliphatic rings. The minimum Gasteiger partial charge on any atom is -0.480 e. The van der Waals surface area contributed by atoms with E-state index in [4.69, 9.17) is 10.1 Å². The second-order valence-corrected chi connectivity index (χ2v) is 7.03. The highest BCUT2D eigenvalue weighted by atomic mass is 16.4. The van der Waals surface area contributed by atoms with Crippen molar-refractivity contribution in [1.29, 1.82) is 0 Å². The molecule has 7 nitrogen and oxygen atoms in total. The van der Waals surface area contributed by atoms with Crippen molar-refractivity contribution in [2.24, 2.45) is 0 Å². The maximum Gasteiger partial charge on any atom is 0.323 e. The van der Waals surface area contributed by atoms with E-state index in [0.29, 0.717) is 0 Å². The second kappa shape index (κ2) is 7.86. The number of hydrogen-bond acceptors (Lipinski definition) is 4. The van der Waals surface area contributed by atoms with E-state index >= 15 is 0 Å². The van der Waals surface area contributed by atoms with Crippen molar-refractivity contribution in [3.8, 4) is 0 Å². The first kappa shape index (κ1) is 18.4. The van der Waals surface area contributed by atoms with Gasteiger partial charge in [0.05, 0.1) is 5.69 Å². The number of imidazole rings is 1. The van der Waals surface area contributed by atoms with E-state index in [9.17, 15) is 9.59 Å². The molecule has 0 aliphatic carbocycles. The van der Waals surface area contributed by atoms with Crippen molar-refractivity contribution in [1.82, 2.24) is 19.2 Å². The standard InChI is InChI=1S/C19H26N4O3/c1-14-5-3-7-18-20-16(12-22(14)18)11-21-9-4-6-17(8-10-21)23(15(2)24)13-19(25)26/h3,5,7,12,17H,4,6,8-11,13H2,1-2H3,(H,25,26). The molecule has 140 valence electrons. The Morgan fingerprint density at radius 2 is 2.12 bits per heavy atom. The minimum absolute atomic E-state index is 0.00286. The first-order chi connectivity index (χ1) is 12.4. The summed E-state index contributed by atoms with van der Waals surface area (Å²) >= 11 is 0. The van der Waals surface area contributed by atoms with Crippen molar-refractivity contribution in [2.75, 3.05) is 19.6 Å². The molecule has 26 heavy (non-hydrogen) atoms. The first-order valence-electron chi connectivity index (χ1n) is 9.09. The van der Waals surface area contributed by atoms with Crippen LogP contribution in [0, 0.1) is 6.92 Å². The topological polar surface area (TPSA) is 78.2 Å². The van der Waals surface area contributed by atoms with Crippen LogP contribution in [0.15, 0.2) is 24.4 Å². The van der Waals surface area contributed by atoms with E-state index < -0.39 is 5.97 Å². The van der Waals surface area contributed by atoms with Gasteiger partial charge in [0.1, 0.15) is 12.2 Å². The largest absolute Gasteiger partial charge is 0.480 e. The molecule has 0 bridgehead atoms. The lowest BCUT2D eigenvalue weighted by molar-refractivity contribution is -0.145. The van der Waals surface area contributed by atoms with Gasteiger partial charge in [0.2, 0.25) is 5.91 Å². The van der Waals surface area contributed by atoms with Crippen LogP contribution in [-0.4, -0.2) is 61.8 Å². The summed E-state index contributed by atoms with van der Waals surface area (Å²) < 4.78 is 2.10. The molecule has 7 heteroatoms. The van der Waals surface area contributed by atoms with Crippen LogP contribution in [0.2, 0.25) is 0 Å². The Bertz CT molecular complexity index is 801. The average molecular weight is 358 g/mol. The monoisotopic (exact) mass is 358 g/mol. The molecule has 3 rings (SSSR count). The number of likely N-dealkylation sites (tertiary alicyclic amines) is 1. The zero-order chi connectivity index (χ0) is 18.7. The van der Waals surface area contributed by atoms with Gasteiger partial charge in [-0.1, -0.05) is 6.07 Å². The Morgan fingerprint density at radius 1 is 1.31 bits per heavy atom. The second-order valence-electron chi connectivity index (χ2n) is 7.03. The molecule has 1 amide bonds. The number of aromatic nitrogens is 2. The van der Waals surface area contributed by atoms with Gasteiger partial charge >= 0.3 is 5.97 Å². The fraction of sp³-hybridized carbons (Fsp3) is 0.526. The summed E-state index contributed by atoms with van der Waals surface area (Å²) in [5, 5.41) is 9.06. The molecule has 1 unspecified atom stereocenters. The summed E-state index contributed by atoms with van der Waals surface area (Å²) in [7, 11) is 0. The number of carbonyl (C=O) groups is 2. The number of rotatable bonds is 5. The van der Waals surface area contributed by atoms with E-state index in [-0.39, 0.29) is 18.5 Å². The third kappa shape index (κ3) is 4.22. The number of hydrogen-bond donors (Lipinski definition) is 1. The zero-order valence-corrected chi connectivity index (χ0v) is 15.4. The molecule has 1 N–H and O–H groups in total. The molecule has 0 saturated carbocycles. The predicted octanol–water partition coefficient (Wildman–Crippen LogP) is 1.93. The van der Waals surface area contributed by atoms with Gasteiger partial charge in [-0.2, -0.15) is 0 Å². The zero-order valence-electron chi connectivity index (χ0n) is 15.4. The van der Waals surface area contributed by atoms with E-state index in [1.165, 1.54) is 11.8 Å². The number of aliphatic carboxylic acids is 1. The van der Waals surface area contributed by atoms with Crippen LogP contribution in [0.25, 0.3) is 5.65 Å². The summed E-state index contributed by atoms with van der Waals surface area (Å²) in [5.41, 5.74) is 3.14. The number of amides is 1. The molecule has 1 atom stereocenters. The van der Waals surface area contributed by atoms with Crippen molar-refractivity contribution >= 4 is 17.5 Å². The van der Waals surface area contributed by atoms with Gasteiger partial charge in [0, 0.05) is 37.9 Å². The minimum atomic E-state index is -0.957. The van der Waals surface area contributed by atoms with Gasteiger partial charge in [-0.15, -0.1) is 0 Å². The van der Waals surface area contributed by atoms with Gasteiger partial charge in [-0.05, 0) is 44.9 Å². The average Bonchev–Trinajstić information content (AvgIpc) is 2.85. The van der Waals surface area contributed by atoms with Gasteiger partial charge in [0.25, 0.3) is 0 Å². The van der Waals surface area contributed by atoms with Crippen molar-refractivity contribution < 1.29 is 14.7 Å². The molecule has 2 aromatic heterocycles. The van der Waals surface area contributed by atoms with E-state index in [2.05, 4.69) is 28.5 Å². The van der Waals surface area contributed by atoms with Crippen LogP contribution >= 0.6 is 0 Å². The smallest absolute Gasteiger partial charge is 0.323 e. The number of aryl methyl sites for hydroxylation is 1. The Hall–Kier alpha value is -2.41. The summed E-state index contributed by atoms with van der Waals surface area (Å²) in [6.07, 6.45) is 4.66. The van der Waals surface area contributed by atoms with Crippen molar-refractivity contribution in [3.05, 3.63) is 35.8 Å². The normalized spacial score (nSPS) is 18.6. The van der Waals surface area contributed by atoms with Crippen LogP contribution in [0.3, 0.4) is 0 Å². The van der Waals surface area contributed by atoms with Gasteiger partial charge in [-0.3, -0.25) is 14.5 Å². The van der Waals surface area contributed by atoms with Gasteiger partial charge in [-0.25, -0.2) is 4.98 Å². The summed E-state index contributed by atoms with van der Waals surface area (Å²) in [4.78, 5) is 31.4. The molecular formula is C19H26N4O3. The number of carboxylic acid groups (broad SMARTS) is 1. The summed E-state index contributed by atoms with van der Waals surface area (Å²) in [6, 6.07) is 6.08. The molecule has 1 fully saturated rings. The highest BCUT2D eigenvalue weighted by molar-refractivity contribution is 5.79. The van der Waals surface area contributed by atoms with E-state index in [0.717, 1.165) is 55.9 Å². The SMILES string of the molecule is CC(=O)N(CC(=O)O)C1CCCN(Cc2cn3c(C)cccc3n2)CC1. The molecule has 0 aromatic carbocycles. The number of nitrogens with zero attached hydrogens (tertiary/aromatic N) is 4. The van der Waals surface area contributed by atoms with Gasteiger partial charge < -0.3 is 14.4 Å². The van der Waals surface area contributed by atoms with Crippen LogP contribution in [-0.2, 0) is 16.1 Å². The maximum atomic E-state index is 11.8. The number of fused-ring (bicyclic) bond motifs is 1. The molecule has 1 aliphatic heterocycles. The Kier molecular flexibility index (Phi) is 5.56. The molecule has 2 aromatic rings. The van der Waals surface area contributed by atoms with Crippen LogP contribution < -0.4 is 0 Å². The molecular weight excluding hydrogens is 332 g/mol. The Morgan fingerprint density at radius 3 is 2.81 bits per heavy atom. The maximum absolute atomic E-state index is 11.8. The van der Waals surface area contributed by atoms with Crippen LogP contribution in [0.1, 0.15) is 37.6 Å². The fourth-order valence-electron chi connectivity index (χ4n) is 3.76. The third-order valence-corrected chi connectivity index (χ3v) is 5.07. The molecule has 1 saturated heterocycles. The molecule has 0 spiro atoms. The summed E-state index contributed by atoms with van der Waals surface area (Å²) in [6.45, 7) is 5.83. The van der Waals surface area contributed by atoms with Crippen LogP contribution in [0.4, 0.5) is 0 Å². The Labute approximate surface area is 153 Å². The first-order valence-corrected chi connectivity index (χ1v) is 9.09. The fourth-order valence-corrected chi connectivity index (χ4v) is 3.76. The predicted molar refractivity (Wildman–Crippen MR) is 97.9 cm³/mol.